The van der Waals surface area contributed by atoms with Gasteiger partial charge < -0.3 is 15.0 Å². The maximum Gasteiger partial charge on any atom is 0.255 e. The SMILES string of the molecule is CCN(CC(=O)Nc1cccc(OC)c1)C(=O)c1ccccc1Cl. The van der Waals surface area contributed by atoms with Crippen LogP contribution in [0.15, 0.2) is 48.5 Å². The third-order valence-electron chi connectivity index (χ3n) is 3.46. The number of hydrogen-bond acceptors (Lipinski definition) is 3. The van der Waals surface area contributed by atoms with Gasteiger partial charge in [0.15, 0.2) is 0 Å². The molecule has 0 aliphatic carbocycles. The van der Waals surface area contributed by atoms with Crippen LogP contribution in [0, 0.1) is 0 Å². The summed E-state index contributed by atoms with van der Waals surface area (Å²) >= 11 is 6.06. The average molecular weight is 347 g/mol. The van der Waals surface area contributed by atoms with Gasteiger partial charge >= 0.3 is 0 Å². The van der Waals surface area contributed by atoms with E-state index in [1.165, 1.54) is 4.90 Å². The molecule has 0 aliphatic rings. The van der Waals surface area contributed by atoms with Gasteiger partial charge in [-0.3, -0.25) is 9.59 Å². The minimum Gasteiger partial charge on any atom is -0.497 e. The number of rotatable bonds is 6. The number of amides is 2. The van der Waals surface area contributed by atoms with Crippen molar-refractivity contribution in [3.05, 3.63) is 59.1 Å². The average Bonchev–Trinajstić information content (AvgIpc) is 2.59. The van der Waals surface area contributed by atoms with Gasteiger partial charge in [0.05, 0.1) is 17.7 Å². The van der Waals surface area contributed by atoms with Crippen LogP contribution in [0.1, 0.15) is 17.3 Å². The number of carbonyl (C=O) groups excluding carboxylic acids is 2. The largest absolute Gasteiger partial charge is 0.497 e. The minimum atomic E-state index is -0.287. The number of halogens is 1. The summed E-state index contributed by atoms with van der Waals surface area (Å²) in [5.74, 6) is 0.0849. The molecule has 24 heavy (non-hydrogen) atoms. The third kappa shape index (κ3) is 4.49. The van der Waals surface area contributed by atoms with E-state index in [-0.39, 0.29) is 18.4 Å². The predicted molar refractivity (Wildman–Crippen MR) is 94.7 cm³/mol. The van der Waals surface area contributed by atoms with E-state index in [1.807, 2.05) is 6.92 Å². The Kier molecular flexibility index (Phi) is 6.21. The monoisotopic (exact) mass is 346 g/mol. The lowest BCUT2D eigenvalue weighted by atomic mass is 10.2. The number of benzene rings is 2. The molecular formula is C18H19ClN2O3. The van der Waals surface area contributed by atoms with Crippen molar-refractivity contribution < 1.29 is 14.3 Å². The maximum absolute atomic E-state index is 12.5. The first kappa shape index (κ1) is 17.8. The fourth-order valence-corrected chi connectivity index (χ4v) is 2.42. The van der Waals surface area contributed by atoms with Gasteiger partial charge in [-0.05, 0) is 31.2 Å². The Hall–Kier alpha value is -2.53. The summed E-state index contributed by atoms with van der Waals surface area (Å²) in [7, 11) is 1.56. The highest BCUT2D eigenvalue weighted by molar-refractivity contribution is 6.33. The quantitative estimate of drug-likeness (QED) is 0.871. The molecule has 0 spiro atoms. The molecule has 126 valence electrons. The summed E-state index contributed by atoms with van der Waals surface area (Å²) in [4.78, 5) is 26.2. The second-order valence-electron chi connectivity index (χ2n) is 5.08. The summed E-state index contributed by atoms with van der Waals surface area (Å²) in [5.41, 5.74) is 0.996. The van der Waals surface area contributed by atoms with Crippen molar-refractivity contribution >= 4 is 29.1 Å². The molecule has 2 rings (SSSR count). The van der Waals surface area contributed by atoms with E-state index in [9.17, 15) is 9.59 Å². The molecule has 2 aromatic carbocycles. The van der Waals surface area contributed by atoms with Gasteiger partial charge in [-0.25, -0.2) is 0 Å². The number of hydrogen-bond donors (Lipinski definition) is 1. The zero-order chi connectivity index (χ0) is 17.5. The molecule has 0 saturated heterocycles. The summed E-state index contributed by atoms with van der Waals surface area (Å²) in [6.07, 6.45) is 0. The standard InChI is InChI=1S/C18H19ClN2O3/c1-3-21(18(23)15-9-4-5-10-16(15)19)12-17(22)20-13-7-6-8-14(11-13)24-2/h4-11H,3,12H2,1-2H3,(H,20,22). The molecule has 0 atom stereocenters. The Morgan fingerprint density at radius 1 is 1.17 bits per heavy atom. The van der Waals surface area contributed by atoms with Gasteiger partial charge in [0.1, 0.15) is 12.3 Å². The highest BCUT2D eigenvalue weighted by atomic mass is 35.5. The van der Waals surface area contributed by atoms with E-state index in [0.717, 1.165) is 0 Å². The summed E-state index contributed by atoms with van der Waals surface area (Å²) in [6, 6.07) is 13.8. The Labute approximate surface area is 146 Å². The van der Waals surface area contributed by atoms with Crippen molar-refractivity contribution in [2.75, 3.05) is 25.5 Å². The lowest BCUT2D eigenvalue weighted by Gasteiger charge is -2.21. The number of methoxy groups -OCH3 is 1. The van der Waals surface area contributed by atoms with Crippen molar-refractivity contribution in [1.29, 1.82) is 0 Å². The third-order valence-corrected chi connectivity index (χ3v) is 3.79. The number of ether oxygens (including phenoxy) is 1. The van der Waals surface area contributed by atoms with Gasteiger partial charge in [0, 0.05) is 18.3 Å². The summed E-state index contributed by atoms with van der Waals surface area (Å²) < 4.78 is 5.12. The first-order valence-corrected chi connectivity index (χ1v) is 7.90. The highest BCUT2D eigenvalue weighted by Gasteiger charge is 2.19. The number of nitrogens with zero attached hydrogens (tertiary/aromatic N) is 1. The maximum atomic E-state index is 12.5. The van der Waals surface area contributed by atoms with Crippen molar-refractivity contribution in [3.63, 3.8) is 0 Å². The Balaban J connectivity index is 2.05. The van der Waals surface area contributed by atoms with E-state index < -0.39 is 0 Å². The highest BCUT2D eigenvalue weighted by Crippen LogP contribution is 2.18. The van der Waals surface area contributed by atoms with Gasteiger partial charge in [0.2, 0.25) is 5.91 Å². The number of carbonyl (C=O) groups is 2. The molecule has 1 N–H and O–H groups in total. The van der Waals surface area contributed by atoms with Crippen LogP contribution in [0.25, 0.3) is 0 Å². The second kappa shape index (κ2) is 8.36. The lowest BCUT2D eigenvalue weighted by Crippen LogP contribution is -2.38. The number of nitrogens with one attached hydrogen (secondary N) is 1. The van der Waals surface area contributed by atoms with Crippen LogP contribution in [-0.4, -0.2) is 36.9 Å². The van der Waals surface area contributed by atoms with Crippen LogP contribution in [0.2, 0.25) is 5.02 Å². The lowest BCUT2D eigenvalue weighted by molar-refractivity contribution is -0.116. The zero-order valence-corrected chi connectivity index (χ0v) is 14.3. The molecule has 0 aliphatic heterocycles. The first-order valence-electron chi connectivity index (χ1n) is 7.53. The van der Waals surface area contributed by atoms with E-state index in [4.69, 9.17) is 16.3 Å². The Morgan fingerprint density at radius 2 is 1.92 bits per heavy atom. The smallest absolute Gasteiger partial charge is 0.255 e. The molecule has 2 aromatic rings. The molecule has 0 radical (unpaired) electrons. The molecule has 0 fully saturated rings. The fraction of sp³-hybridized carbons (Fsp3) is 0.222. The van der Waals surface area contributed by atoms with Crippen LogP contribution in [-0.2, 0) is 4.79 Å². The molecule has 0 aromatic heterocycles. The van der Waals surface area contributed by atoms with E-state index in [1.54, 1.807) is 55.6 Å². The van der Waals surface area contributed by atoms with Gasteiger partial charge in [-0.15, -0.1) is 0 Å². The molecule has 6 heteroatoms. The Bertz CT molecular complexity index is 734. The molecule has 0 bridgehead atoms. The van der Waals surface area contributed by atoms with Crippen molar-refractivity contribution in [3.8, 4) is 5.75 Å². The van der Waals surface area contributed by atoms with E-state index in [2.05, 4.69) is 5.32 Å². The number of anilines is 1. The van der Waals surface area contributed by atoms with Crippen molar-refractivity contribution in [2.45, 2.75) is 6.92 Å². The van der Waals surface area contributed by atoms with Gasteiger partial charge in [-0.2, -0.15) is 0 Å². The fourth-order valence-electron chi connectivity index (χ4n) is 2.21. The summed E-state index contributed by atoms with van der Waals surface area (Å²) in [6.45, 7) is 2.15. The predicted octanol–water partition coefficient (Wildman–Crippen LogP) is 3.45. The second-order valence-corrected chi connectivity index (χ2v) is 5.49. The zero-order valence-electron chi connectivity index (χ0n) is 13.6. The topological polar surface area (TPSA) is 58.6 Å². The van der Waals surface area contributed by atoms with E-state index >= 15 is 0 Å². The molecule has 0 heterocycles. The molecule has 2 amide bonds. The molecular weight excluding hydrogens is 328 g/mol. The van der Waals surface area contributed by atoms with Crippen LogP contribution in [0.4, 0.5) is 5.69 Å². The first-order chi connectivity index (χ1) is 11.5. The van der Waals surface area contributed by atoms with Crippen LogP contribution in [0.3, 0.4) is 0 Å². The van der Waals surface area contributed by atoms with Crippen LogP contribution >= 0.6 is 11.6 Å². The van der Waals surface area contributed by atoms with Gasteiger partial charge in [0.25, 0.3) is 5.91 Å². The van der Waals surface area contributed by atoms with Crippen LogP contribution < -0.4 is 10.1 Å². The normalized spacial score (nSPS) is 10.1. The van der Waals surface area contributed by atoms with Crippen molar-refractivity contribution in [1.82, 2.24) is 4.90 Å². The molecule has 5 nitrogen and oxygen atoms in total. The van der Waals surface area contributed by atoms with Crippen molar-refractivity contribution in [2.24, 2.45) is 0 Å². The van der Waals surface area contributed by atoms with Gasteiger partial charge in [-0.1, -0.05) is 29.8 Å². The van der Waals surface area contributed by atoms with Crippen LogP contribution in [0.5, 0.6) is 5.75 Å². The molecule has 0 saturated carbocycles. The Morgan fingerprint density at radius 3 is 2.58 bits per heavy atom. The van der Waals surface area contributed by atoms with E-state index in [0.29, 0.717) is 28.6 Å². The summed E-state index contributed by atoms with van der Waals surface area (Å²) in [5, 5.41) is 3.13. The number of likely N-dealkylation sites (N-methyl/N-ethyl adjacent to an activating group) is 1. The molecule has 0 unspecified atom stereocenters. The minimum absolute atomic E-state index is 0.0578.